The van der Waals surface area contributed by atoms with Crippen LogP contribution in [0.5, 0.6) is 0 Å². The highest BCUT2D eigenvalue weighted by Gasteiger charge is 2.18. The van der Waals surface area contributed by atoms with E-state index in [4.69, 9.17) is 4.98 Å². The Hall–Kier alpha value is -2.60. The fourth-order valence-electron chi connectivity index (χ4n) is 3.95. The van der Waals surface area contributed by atoms with Crippen LogP contribution in [-0.2, 0) is 7.05 Å². The molecule has 25 heavy (non-hydrogen) atoms. The van der Waals surface area contributed by atoms with Gasteiger partial charge in [0.25, 0.3) is 0 Å². The summed E-state index contributed by atoms with van der Waals surface area (Å²) in [5.41, 5.74) is 5.68. The number of aromatic amines is 1. The molecule has 4 aromatic rings. The summed E-state index contributed by atoms with van der Waals surface area (Å²) in [5.74, 6) is 1.54. The second-order valence-electron chi connectivity index (χ2n) is 7.12. The number of H-pyrrole nitrogens is 1. The molecule has 0 bridgehead atoms. The van der Waals surface area contributed by atoms with E-state index in [2.05, 4.69) is 57.4 Å². The first-order valence-electron chi connectivity index (χ1n) is 8.90. The molecule has 3 aromatic heterocycles. The molecule has 1 fully saturated rings. The minimum Gasteiger partial charge on any atom is -0.327 e. The first-order chi connectivity index (χ1) is 12.2. The van der Waals surface area contributed by atoms with Crippen LogP contribution in [0.1, 0.15) is 30.0 Å². The van der Waals surface area contributed by atoms with Crippen molar-refractivity contribution < 1.29 is 0 Å². The topological polar surface area (TPSA) is 62.9 Å². The van der Waals surface area contributed by atoms with Gasteiger partial charge in [-0.3, -0.25) is 9.08 Å². The molecule has 2 N–H and O–H groups in total. The zero-order valence-electron chi connectivity index (χ0n) is 14.6. The minimum absolute atomic E-state index is 0.611. The van der Waals surface area contributed by atoms with E-state index in [1.165, 1.54) is 24.1 Å². The Labute approximate surface area is 145 Å². The SMILES string of the molecule is Cc1cc(-c2cn3cc(C4CCNCC4)[nH]c3n2)cc2cn(C)nc12. The zero-order valence-corrected chi connectivity index (χ0v) is 14.6. The van der Waals surface area contributed by atoms with Crippen LogP contribution < -0.4 is 5.32 Å². The minimum atomic E-state index is 0.611. The standard InChI is InChI=1S/C19H22N6/c1-12-7-14(8-15-9-24(2)23-18(12)15)17-11-25-10-16(21-19(25)22-17)13-3-5-20-6-4-13/h7-11,13,20H,3-6H2,1-2H3,(H,21,22). The maximum atomic E-state index is 4.82. The van der Waals surface area contributed by atoms with Gasteiger partial charge in [-0.2, -0.15) is 5.10 Å². The smallest absolute Gasteiger partial charge is 0.212 e. The van der Waals surface area contributed by atoms with E-state index in [0.29, 0.717) is 5.92 Å². The fourth-order valence-corrected chi connectivity index (χ4v) is 3.95. The Morgan fingerprint density at radius 2 is 1.96 bits per heavy atom. The van der Waals surface area contributed by atoms with Crippen LogP contribution in [0.2, 0.25) is 0 Å². The van der Waals surface area contributed by atoms with E-state index < -0.39 is 0 Å². The molecular weight excluding hydrogens is 312 g/mol. The lowest BCUT2D eigenvalue weighted by Gasteiger charge is -2.21. The van der Waals surface area contributed by atoms with Gasteiger partial charge in [0.15, 0.2) is 0 Å². The van der Waals surface area contributed by atoms with Crippen molar-refractivity contribution in [1.29, 1.82) is 0 Å². The van der Waals surface area contributed by atoms with Gasteiger partial charge < -0.3 is 10.3 Å². The van der Waals surface area contributed by atoms with E-state index in [1.54, 1.807) is 0 Å². The highest BCUT2D eigenvalue weighted by atomic mass is 15.2. The largest absolute Gasteiger partial charge is 0.327 e. The fraction of sp³-hybridized carbons (Fsp3) is 0.368. The van der Waals surface area contributed by atoms with Crippen molar-refractivity contribution in [3.8, 4) is 11.3 Å². The molecule has 0 radical (unpaired) electrons. The molecule has 0 amide bonds. The number of benzene rings is 1. The molecule has 0 saturated carbocycles. The first-order valence-corrected chi connectivity index (χ1v) is 8.90. The Morgan fingerprint density at radius 3 is 2.76 bits per heavy atom. The van der Waals surface area contributed by atoms with Crippen molar-refractivity contribution in [3.63, 3.8) is 0 Å². The lowest BCUT2D eigenvalue weighted by atomic mass is 9.95. The summed E-state index contributed by atoms with van der Waals surface area (Å²) >= 11 is 0. The van der Waals surface area contributed by atoms with E-state index in [9.17, 15) is 0 Å². The number of aromatic nitrogens is 5. The average molecular weight is 334 g/mol. The summed E-state index contributed by atoms with van der Waals surface area (Å²) in [5, 5.41) is 9.10. The van der Waals surface area contributed by atoms with E-state index in [0.717, 1.165) is 41.0 Å². The van der Waals surface area contributed by atoms with Gasteiger partial charge in [0.05, 0.1) is 11.2 Å². The van der Waals surface area contributed by atoms with Crippen LogP contribution in [0.4, 0.5) is 0 Å². The molecule has 4 heterocycles. The molecular formula is C19H22N6. The molecule has 0 spiro atoms. The Kier molecular flexibility index (Phi) is 3.21. The predicted octanol–water partition coefficient (Wildman–Crippen LogP) is 2.99. The Bertz CT molecular complexity index is 1030. The van der Waals surface area contributed by atoms with Crippen LogP contribution in [0.3, 0.4) is 0 Å². The first kappa shape index (κ1) is 14.7. The zero-order chi connectivity index (χ0) is 17.0. The summed E-state index contributed by atoms with van der Waals surface area (Å²) < 4.78 is 3.99. The normalized spacial score (nSPS) is 16.2. The summed E-state index contributed by atoms with van der Waals surface area (Å²) in [4.78, 5) is 8.34. The average Bonchev–Trinajstić information content (AvgIpc) is 3.27. The van der Waals surface area contributed by atoms with Gasteiger partial charge in [0, 0.05) is 48.2 Å². The van der Waals surface area contributed by atoms with Gasteiger partial charge in [-0.05, 0) is 50.6 Å². The van der Waals surface area contributed by atoms with Crippen molar-refractivity contribution >= 4 is 16.7 Å². The molecule has 5 rings (SSSR count). The van der Waals surface area contributed by atoms with Crippen molar-refractivity contribution in [2.24, 2.45) is 7.05 Å². The monoisotopic (exact) mass is 334 g/mol. The highest BCUT2D eigenvalue weighted by Crippen LogP contribution is 2.28. The van der Waals surface area contributed by atoms with E-state index in [-0.39, 0.29) is 0 Å². The predicted molar refractivity (Wildman–Crippen MR) is 98.8 cm³/mol. The molecule has 6 heteroatoms. The molecule has 0 atom stereocenters. The van der Waals surface area contributed by atoms with Gasteiger partial charge in [-0.15, -0.1) is 0 Å². The van der Waals surface area contributed by atoms with Gasteiger partial charge in [-0.25, -0.2) is 4.98 Å². The van der Waals surface area contributed by atoms with Crippen molar-refractivity contribution in [2.45, 2.75) is 25.7 Å². The van der Waals surface area contributed by atoms with Gasteiger partial charge >= 0.3 is 0 Å². The van der Waals surface area contributed by atoms with Crippen molar-refractivity contribution in [1.82, 2.24) is 29.5 Å². The number of hydrogen-bond acceptors (Lipinski definition) is 3. The van der Waals surface area contributed by atoms with Crippen LogP contribution in [-0.4, -0.2) is 37.2 Å². The Balaban J connectivity index is 1.53. The summed E-state index contributed by atoms with van der Waals surface area (Å²) in [6.07, 6.45) is 8.76. The van der Waals surface area contributed by atoms with Gasteiger partial charge in [0.1, 0.15) is 0 Å². The molecule has 1 saturated heterocycles. The number of fused-ring (bicyclic) bond motifs is 2. The quantitative estimate of drug-likeness (QED) is 0.592. The number of nitrogens with one attached hydrogen (secondary N) is 2. The summed E-state index contributed by atoms with van der Waals surface area (Å²) in [6.45, 7) is 4.30. The molecule has 1 aliphatic heterocycles. The van der Waals surface area contributed by atoms with Crippen LogP contribution in [0.15, 0.2) is 30.7 Å². The number of rotatable bonds is 2. The number of nitrogens with zero attached hydrogens (tertiary/aromatic N) is 4. The van der Waals surface area contributed by atoms with Crippen LogP contribution in [0, 0.1) is 6.92 Å². The van der Waals surface area contributed by atoms with Crippen LogP contribution >= 0.6 is 0 Å². The molecule has 0 unspecified atom stereocenters. The second-order valence-corrected chi connectivity index (χ2v) is 7.12. The third kappa shape index (κ3) is 2.44. The maximum Gasteiger partial charge on any atom is 0.212 e. The number of hydrogen-bond donors (Lipinski definition) is 2. The summed E-state index contributed by atoms with van der Waals surface area (Å²) in [6, 6.07) is 4.34. The third-order valence-corrected chi connectivity index (χ3v) is 5.25. The lowest BCUT2D eigenvalue weighted by molar-refractivity contribution is 0.454. The van der Waals surface area contributed by atoms with Crippen molar-refractivity contribution in [2.75, 3.05) is 13.1 Å². The van der Waals surface area contributed by atoms with E-state index in [1.807, 2.05) is 11.7 Å². The molecule has 0 aliphatic carbocycles. The van der Waals surface area contributed by atoms with Gasteiger partial charge in [-0.1, -0.05) is 0 Å². The Morgan fingerprint density at radius 1 is 1.12 bits per heavy atom. The molecule has 128 valence electrons. The number of imidazole rings is 2. The van der Waals surface area contributed by atoms with Gasteiger partial charge in [0.2, 0.25) is 5.78 Å². The molecule has 1 aromatic carbocycles. The highest BCUT2D eigenvalue weighted by molar-refractivity contribution is 5.86. The number of piperidine rings is 1. The van der Waals surface area contributed by atoms with Crippen molar-refractivity contribution in [3.05, 3.63) is 42.0 Å². The summed E-state index contributed by atoms with van der Waals surface area (Å²) in [7, 11) is 1.96. The van der Waals surface area contributed by atoms with E-state index >= 15 is 0 Å². The lowest BCUT2D eigenvalue weighted by Crippen LogP contribution is -2.26. The molecule has 6 nitrogen and oxygen atoms in total. The second kappa shape index (κ2) is 5.46. The number of aryl methyl sites for hydroxylation is 2. The molecule has 1 aliphatic rings. The third-order valence-electron chi connectivity index (χ3n) is 5.25. The van der Waals surface area contributed by atoms with Crippen LogP contribution in [0.25, 0.3) is 27.9 Å². The maximum absolute atomic E-state index is 4.82.